The first-order valence-electron chi connectivity index (χ1n) is 6.13. The second-order valence-electron chi connectivity index (χ2n) is 4.80. The van der Waals surface area contributed by atoms with Gasteiger partial charge in [0.25, 0.3) is 5.69 Å². The van der Waals surface area contributed by atoms with Gasteiger partial charge in [0.1, 0.15) is 11.5 Å². The number of pyridine rings is 1. The van der Waals surface area contributed by atoms with E-state index in [4.69, 9.17) is 0 Å². The zero-order valence-electron chi connectivity index (χ0n) is 10.7. The molecule has 1 unspecified atom stereocenters. The normalized spacial score (nSPS) is 20.7. The van der Waals surface area contributed by atoms with Crippen molar-refractivity contribution in [2.24, 2.45) is 0 Å². The van der Waals surface area contributed by atoms with Gasteiger partial charge < -0.3 is 10.2 Å². The van der Waals surface area contributed by atoms with E-state index in [-0.39, 0.29) is 5.69 Å². The molecule has 1 fully saturated rings. The molecule has 6 heteroatoms. The summed E-state index contributed by atoms with van der Waals surface area (Å²) in [6, 6.07) is 3.56. The molecule has 0 saturated carbocycles. The lowest BCUT2D eigenvalue weighted by molar-refractivity contribution is -0.385. The Morgan fingerprint density at radius 3 is 2.94 bits per heavy atom. The first kappa shape index (κ1) is 12.8. The van der Waals surface area contributed by atoms with Crippen molar-refractivity contribution in [1.82, 2.24) is 9.88 Å². The van der Waals surface area contributed by atoms with Crippen LogP contribution >= 0.6 is 0 Å². The maximum absolute atomic E-state index is 10.7. The highest BCUT2D eigenvalue weighted by atomic mass is 16.6. The highest BCUT2D eigenvalue weighted by Crippen LogP contribution is 2.19. The molecule has 1 aromatic rings. The number of piperidine rings is 1. The minimum absolute atomic E-state index is 0.0707. The van der Waals surface area contributed by atoms with Crippen LogP contribution in [0.1, 0.15) is 18.5 Å². The summed E-state index contributed by atoms with van der Waals surface area (Å²) in [6.07, 6.45) is 2.28. The van der Waals surface area contributed by atoms with Gasteiger partial charge in [0.2, 0.25) is 0 Å². The van der Waals surface area contributed by atoms with Crippen molar-refractivity contribution in [3.8, 4) is 0 Å². The Balaban J connectivity index is 2.05. The van der Waals surface area contributed by atoms with E-state index in [0.717, 1.165) is 25.3 Å². The van der Waals surface area contributed by atoms with Crippen LogP contribution in [-0.4, -0.2) is 41.0 Å². The van der Waals surface area contributed by atoms with Crippen LogP contribution in [0.2, 0.25) is 0 Å². The second kappa shape index (κ2) is 5.30. The number of hydrogen-bond donors (Lipinski definition) is 1. The fraction of sp³-hybridized carbons (Fsp3) is 0.583. The van der Waals surface area contributed by atoms with Gasteiger partial charge in [0.05, 0.1) is 4.92 Å². The van der Waals surface area contributed by atoms with Gasteiger partial charge in [-0.05, 0) is 39.4 Å². The summed E-state index contributed by atoms with van der Waals surface area (Å²) in [6.45, 7) is 3.78. The van der Waals surface area contributed by atoms with Crippen molar-refractivity contribution in [1.29, 1.82) is 0 Å². The fourth-order valence-electron chi connectivity index (χ4n) is 2.32. The summed E-state index contributed by atoms with van der Waals surface area (Å²) >= 11 is 0. The molecule has 98 valence electrons. The van der Waals surface area contributed by atoms with Crippen LogP contribution in [0.3, 0.4) is 0 Å². The monoisotopic (exact) mass is 250 g/mol. The Kier molecular flexibility index (Phi) is 3.76. The summed E-state index contributed by atoms with van der Waals surface area (Å²) in [5, 5.41) is 14.0. The van der Waals surface area contributed by atoms with Crippen molar-refractivity contribution in [2.75, 3.05) is 25.5 Å². The van der Waals surface area contributed by atoms with E-state index in [1.807, 2.05) is 0 Å². The lowest BCUT2D eigenvalue weighted by Gasteiger charge is -2.30. The molecule has 2 heterocycles. The number of anilines is 1. The third kappa shape index (κ3) is 2.95. The highest BCUT2D eigenvalue weighted by Gasteiger charge is 2.18. The summed E-state index contributed by atoms with van der Waals surface area (Å²) < 4.78 is 0. The van der Waals surface area contributed by atoms with Gasteiger partial charge in [0.15, 0.2) is 0 Å². The van der Waals surface area contributed by atoms with Gasteiger partial charge in [-0.1, -0.05) is 0 Å². The number of aromatic nitrogens is 1. The molecular formula is C12H18N4O2. The van der Waals surface area contributed by atoms with Crippen LogP contribution in [0.15, 0.2) is 12.1 Å². The second-order valence-corrected chi connectivity index (χ2v) is 4.80. The Hall–Kier alpha value is -1.69. The molecule has 1 aliphatic heterocycles. The number of hydrogen-bond acceptors (Lipinski definition) is 5. The van der Waals surface area contributed by atoms with E-state index in [1.54, 1.807) is 13.0 Å². The van der Waals surface area contributed by atoms with E-state index >= 15 is 0 Å². The maximum atomic E-state index is 10.7. The zero-order valence-corrected chi connectivity index (χ0v) is 10.7. The molecule has 0 aliphatic carbocycles. The molecule has 1 saturated heterocycles. The average Bonchev–Trinajstić information content (AvgIpc) is 2.28. The highest BCUT2D eigenvalue weighted by molar-refractivity contribution is 5.45. The van der Waals surface area contributed by atoms with Gasteiger partial charge in [-0.15, -0.1) is 0 Å². The molecule has 0 bridgehead atoms. The molecule has 1 N–H and O–H groups in total. The van der Waals surface area contributed by atoms with Crippen molar-refractivity contribution in [3.63, 3.8) is 0 Å². The number of aryl methyl sites for hydroxylation is 1. The first-order valence-corrected chi connectivity index (χ1v) is 6.13. The predicted octanol–water partition coefficient (Wildman–Crippen LogP) is 1.80. The molecule has 1 aliphatic rings. The molecule has 18 heavy (non-hydrogen) atoms. The van der Waals surface area contributed by atoms with Gasteiger partial charge in [-0.2, -0.15) is 0 Å². The number of nitrogens with zero attached hydrogens (tertiary/aromatic N) is 3. The number of nitrogens with one attached hydrogen (secondary N) is 1. The number of nitro groups is 1. The van der Waals surface area contributed by atoms with Crippen LogP contribution in [0.4, 0.5) is 11.5 Å². The van der Waals surface area contributed by atoms with Gasteiger partial charge in [-0.3, -0.25) is 10.1 Å². The SMILES string of the molecule is Cc1nc(NC2CCCN(C)C2)ccc1[N+](=O)[O-]. The van der Waals surface area contributed by atoms with Crippen LogP contribution in [0.25, 0.3) is 0 Å². The average molecular weight is 250 g/mol. The molecular weight excluding hydrogens is 232 g/mol. The van der Waals surface area contributed by atoms with E-state index in [2.05, 4.69) is 22.2 Å². The summed E-state index contributed by atoms with van der Waals surface area (Å²) in [5.41, 5.74) is 0.524. The van der Waals surface area contributed by atoms with Crippen molar-refractivity contribution >= 4 is 11.5 Å². The Bertz CT molecular complexity index is 450. The number of likely N-dealkylation sites (tertiary alicyclic amines) is 1. The fourth-order valence-corrected chi connectivity index (χ4v) is 2.32. The van der Waals surface area contributed by atoms with E-state index < -0.39 is 4.92 Å². The number of likely N-dealkylation sites (N-methyl/N-ethyl adjacent to an activating group) is 1. The van der Waals surface area contributed by atoms with Gasteiger partial charge in [0, 0.05) is 18.7 Å². The molecule has 6 nitrogen and oxygen atoms in total. The summed E-state index contributed by atoms with van der Waals surface area (Å²) in [5.74, 6) is 0.721. The smallest absolute Gasteiger partial charge is 0.290 e. The predicted molar refractivity (Wildman–Crippen MR) is 69.8 cm³/mol. The molecule has 1 atom stereocenters. The Morgan fingerprint density at radius 2 is 2.33 bits per heavy atom. The van der Waals surface area contributed by atoms with Crippen LogP contribution in [-0.2, 0) is 0 Å². The Labute approximate surface area is 106 Å². The third-order valence-corrected chi connectivity index (χ3v) is 3.23. The zero-order chi connectivity index (χ0) is 13.1. The molecule has 0 aromatic carbocycles. The van der Waals surface area contributed by atoms with Crippen LogP contribution in [0.5, 0.6) is 0 Å². The van der Waals surface area contributed by atoms with Crippen molar-refractivity contribution in [3.05, 3.63) is 27.9 Å². The molecule has 0 radical (unpaired) electrons. The lowest BCUT2D eigenvalue weighted by atomic mass is 10.1. The quantitative estimate of drug-likeness (QED) is 0.654. The molecule has 0 spiro atoms. The molecule has 1 aromatic heterocycles. The van der Waals surface area contributed by atoms with Crippen LogP contribution < -0.4 is 5.32 Å². The molecule has 2 rings (SSSR count). The van der Waals surface area contributed by atoms with Crippen molar-refractivity contribution < 1.29 is 4.92 Å². The minimum atomic E-state index is -0.402. The standard InChI is InChI=1S/C12H18N4O2/c1-9-11(16(17)18)5-6-12(13-9)14-10-4-3-7-15(2)8-10/h5-6,10H,3-4,7-8H2,1-2H3,(H,13,14). The van der Waals surface area contributed by atoms with Crippen molar-refractivity contribution in [2.45, 2.75) is 25.8 Å². The number of rotatable bonds is 3. The van der Waals surface area contributed by atoms with Gasteiger partial charge in [-0.25, -0.2) is 4.98 Å². The maximum Gasteiger partial charge on any atom is 0.290 e. The van der Waals surface area contributed by atoms with Gasteiger partial charge >= 0.3 is 0 Å². The van der Waals surface area contributed by atoms with E-state index in [1.165, 1.54) is 12.5 Å². The molecule has 0 amide bonds. The third-order valence-electron chi connectivity index (χ3n) is 3.23. The minimum Gasteiger partial charge on any atom is -0.366 e. The summed E-state index contributed by atoms with van der Waals surface area (Å²) in [4.78, 5) is 16.8. The largest absolute Gasteiger partial charge is 0.366 e. The first-order chi connectivity index (χ1) is 8.56. The lowest BCUT2D eigenvalue weighted by Crippen LogP contribution is -2.39. The summed E-state index contributed by atoms with van der Waals surface area (Å²) in [7, 11) is 2.10. The van der Waals surface area contributed by atoms with E-state index in [0.29, 0.717) is 11.7 Å². The van der Waals surface area contributed by atoms with E-state index in [9.17, 15) is 10.1 Å². The Morgan fingerprint density at radius 1 is 1.56 bits per heavy atom. The van der Waals surface area contributed by atoms with Crippen LogP contribution in [0, 0.1) is 17.0 Å². The topological polar surface area (TPSA) is 71.3 Å².